The fraction of sp³-hybridized carbons (Fsp3) is 0.696. The van der Waals surface area contributed by atoms with Gasteiger partial charge in [-0.3, -0.25) is 4.79 Å². The fourth-order valence-electron chi connectivity index (χ4n) is 6.76. The Balaban J connectivity index is 1.36. The lowest BCUT2D eigenvalue weighted by Gasteiger charge is -2.58. The molecule has 0 aromatic heterocycles. The number of quaternary nitrogens is 1. The zero-order valence-electron chi connectivity index (χ0n) is 16.0. The molecule has 0 radical (unpaired) electrons. The summed E-state index contributed by atoms with van der Waals surface area (Å²) >= 11 is 0. The molecule has 26 heavy (non-hydrogen) atoms. The molecule has 1 aromatic carbocycles. The van der Waals surface area contributed by atoms with Gasteiger partial charge in [-0.25, -0.2) is 0 Å². The van der Waals surface area contributed by atoms with Crippen LogP contribution < -0.4 is 10.6 Å². The van der Waals surface area contributed by atoms with E-state index < -0.39 is 0 Å². The van der Waals surface area contributed by atoms with Crippen molar-refractivity contribution in [2.45, 2.75) is 76.4 Å². The summed E-state index contributed by atoms with van der Waals surface area (Å²) in [6.07, 6.45) is 11.0. The van der Waals surface area contributed by atoms with Crippen molar-refractivity contribution in [3.63, 3.8) is 0 Å². The van der Waals surface area contributed by atoms with E-state index in [0.717, 1.165) is 36.2 Å². The number of hydrogen-bond acceptors (Lipinski definition) is 1. The van der Waals surface area contributed by atoms with E-state index in [9.17, 15) is 4.79 Å². The van der Waals surface area contributed by atoms with Gasteiger partial charge in [-0.15, -0.1) is 0 Å². The number of benzene rings is 1. The molecule has 6 rings (SSSR count). The van der Waals surface area contributed by atoms with E-state index in [0.29, 0.717) is 17.5 Å². The normalized spacial score (nSPS) is 37.3. The van der Waals surface area contributed by atoms with Crippen molar-refractivity contribution >= 4 is 5.91 Å². The molecule has 1 aromatic rings. The minimum absolute atomic E-state index is 0.0974. The van der Waals surface area contributed by atoms with Crippen LogP contribution in [-0.4, -0.2) is 18.0 Å². The average molecular weight is 354 g/mol. The Kier molecular flexibility index (Phi) is 4.11. The molecule has 140 valence electrons. The summed E-state index contributed by atoms with van der Waals surface area (Å²) in [6.45, 7) is 2.41. The standard InChI is InChI=1S/C23H32N2O/c1-15(23-12-16-9-17(13-23)11-18(10-16)14-23)24-21(19-5-3-2-4-6-19)22(26)25-20-7-8-20/h2-6,15-18,20-21,24H,7-14H2,1H3,(H,25,26)/p+1/t15-,16?,17?,18?,21-,23?/m1/s1. The Morgan fingerprint density at radius 2 is 1.62 bits per heavy atom. The second-order valence-corrected chi connectivity index (χ2v) is 9.93. The molecule has 0 saturated heterocycles. The summed E-state index contributed by atoms with van der Waals surface area (Å²) in [5, 5.41) is 5.68. The molecule has 3 nitrogen and oxygen atoms in total. The summed E-state index contributed by atoms with van der Waals surface area (Å²) in [4.78, 5) is 13.0. The van der Waals surface area contributed by atoms with Crippen LogP contribution >= 0.6 is 0 Å². The Morgan fingerprint density at radius 1 is 1.04 bits per heavy atom. The molecule has 5 aliphatic rings. The van der Waals surface area contributed by atoms with Crippen LogP contribution in [0.5, 0.6) is 0 Å². The molecule has 5 fully saturated rings. The summed E-state index contributed by atoms with van der Waals surface area (Å²) in [5.41, 5.74) is 1.63. The lowest BCUT2D eigenvalue weighted by molar-refractivity contribution is -0.727. The van der Waals surface area contributed by atoms with Crippen molar-refractivity contribution in [1.29, 1.82) is 0 Å². The zero-order chi connectivity index (χ0) is 17.7. The van der Waals surface area contributed by atoms with Crippen LogP contribution in [0.3, 0.4) is 0 Å². The first-order chi connectivity index (χ1) is 12.6. The summed E-state index contributed by atoms with van der Waals surface area (Å²) in [5.74, 6) is 3.11. The van der Waals surface area contributed by atoms with Gasteiger partial charge in [-0.2, -0.15) is 0 Å². The maximum Gasteiger partial charge on any atom is 0.283 e. The first kappa shape index (κ1) is 16.8. The van der Waals surface area contributed by atoms with Crippen molar-refractivity contribution in [1.82, 2.24) is 5.32 Å². The van der Waals surface area contributed by atoms with Crippen LogP contribution in [0, 0.1) is 23.2 Å². The number of carbonyl (C=O) groups is 1. The number of carbonyl (C=O) groups excluding carboxylic acids is 1. The lowest BCUT2D eigenvalue weighted by atomic mass is 9.48. The van der Waals surface area contributed by atoms with Crippen molar-refractivity contribution in [3.05, 3.63) is 35.9 Å². The Labute approximate surface area is 157 Å². The molecule has 5 aliphatic carbocycles. The first-order valence-electron chi connectivity index (χ1n) is 10.8. The molecular formula is C23H33N2O+. The van der Waals surface area contributed by atoms with Crippen molar-refractivity contribution in [3.8, 4) is 0 Å². The van der Waals surface area contributed by atoms with Crippen molar-refractivity contribution < 1.29 is 10.1 Å². The molecule has 4 bridgehead atoms. The molecule has 3 N–H and O–H groups in total. The number of amides is 1. The van der Waals surface area contributed by atoms with E-state index in [2.05, 4.69) is 41.8 Å². The number of rotatable bonds is 6. The minimum Gasteiger partial charge on any atom is -0.348 e. The maximum atomic E-state index is 13.0. The van der Waals surface area contributed by atoms with Crippen LogP contribution in [0.1, 0.15) is 69.9 Å². The summed E-state index contributed by atoms with van der Waals surface area (Å²) in [6, 6.07) is 11.3. The second kappa shape index (κ2) is 6.37. The van der Waals surface area contributed by atoms with E-state index >= 15 is 0 Å². The van der Waals surface area contributed by atoms with Gasteiger partial charge < -0.3 is 10.6 Å². The predicted octanol–water partition coefficient (Wildman–Crippen LogP) is 3.17. The van der Waals surface area contributed by atoms with E-state index in [-0.39, 0.29) is 11.9 Å². The van der Waals surface area contributed by atoms with E-state index in [1.165, 1.54) is 38.5 Å². The van der Waals surface area contributed by atoms with Gasteiger partial charge in [0.25, 0.3) is 5.91 Å². The zero-order valence-corrected chi connectivity index (χ0v) is 16.0. The van der Waals surface area contributed by atoms with Crippen LogP contribution in [0.2, 0.25) is 0 Å². The van der Waals surface area contributed by atoms with Gasteiger partial charge >= 0.3 is 0 Å². The van der Waals surface area contributed by atoms with Crippen LogP contribution in [-0.2, 0) is 4.79 Å². The highest BCUT2D eigenvalue weighted by molar-refractivity contribution is 5.82. The van der Waals surface area contributed by atoms with E-state index in [1.54, 1.807) is 0 Å². The van der Waals surface area contributed by atoms with Gasteiger partial charge in [0.15, 0.2) is 6.04 Å². The molecule has 0 aliphatic heterocycles. The quantitative estimate of drug-likeness (QED) is 0.811. The molecule has 0 heterocycles. The highest BCUT2D eigenvalue weighted by Gasteiger charge is 2.55. The Morgan fingerprint density at radius 3 is 2.15 bits per heavy atom. The average Bonchev–Trinajstić information content (AvgIpc) is 3.43. The molecule has 0 spiro atoms. The second-order valence-electron chi connectivity index (χ2n) is 9.93. The van der Waals surface area contributed by atoms with E-state index in [4.69, 9.17) is 0 Å². The van der Waals surface area contributed by atoms with Crippen molar-refractivity contribution in [2.24, 2.45) is 23.2 Å². The number of nitrogens with two attached hydrogens (primary N) is 1. The molecule has 1 amide bonds. The van der Waals surface area contributed by atoms with Crippen LogP contribution in [0.4, 0.5) is 0 Å². The molecule has 3 heteroatoms. The van der Waals surface area contributed by atoms with Crippen LogP contribution in [0.25, 0.3) is 0 Å². The van der Waals surface area contributed by atoms with Gasteiger partial charge in [0.2, 0.25) is 0 Å². The van der Waals surface area contributed by atoms with Crippen molar-refractivity contribution in [2.75, 3.05) is 0 Å². The Hall–Kier alpha value is -1.35. The molecule has 0 unspecified atom stereocenters. The third kappa shape index (κ3) is 3.09. The lowest BCUT2D eigenvalue weighted by Crippen LogP contribution is -2.95. The topological polar surface area (TPSA) is 45.7 Å². The first-order valence-corrected chi connectivity index (χ1v) is 10.8. The minimum atomic E-state index is -0.0974. The molecular weight excluding hydrogens is 320 g/mol. The highest BCUT2D eigenvalue weighted by atomic mass is 16.2. The van der Waals surface area contributed by atoms with Gasteiger partial charge in [-0.05, 0) is 76.0 Å². The highest BCUT2D eigenvalue weighted by Crippen LogP contribution is 2.60. The smallest absolute Gasteiger partial charge is 0.283 e. The summed E-state index contributed by atoms with van der Waals surface area (Å²) < 4.78 is 0. The third-order valence-electron chi connectivity index (χ3n) is 7.90. The van der Waals surface area contributed by atoms with E-state index in [1.807, 2.05) is 6.07 Å². The fourth-order valence-corrected chi connectivity index (χ4v) is 6.76. The third-order valence-corrected chi connectivity index (χ3v) is 7.90. The van der Waals surface area contributed by atoms with Gasteiger partial charge in [0.05, 0.1) is 6.04 Å². The van der Waals surface area contributed by atoms with Gasteiger partial charge in [0.1, 0.15) is 0 Å². The summed E-state index contributed by atoms with van der Waals surface area (Å²) in [7, 11) is 0. The SMILES string of the molecule is C[C@@H]([NH2+][C@@H](C(=O)NC1CC1)c1ccccc1)C12CC3CC(CC(C3)C1)C2. The monoisotopic (exact) mass is 353 g/mol. The number of hydrogen-bond donors (Lipinski definition) is 2. The largest absolute Gasteiger partial charge is 0.348 e. The maximum absolute atomic E-state index is 13.0. The van der Waals surface area contributed by atoms with Gasteiger partial charge in [0, 0.05) is 17.0 Å². The predicted molar refractivity (Wildman–Crippen MR) is 102 cm³/mol. The molecule has 2 atom stereocenters. The van der Waals surface area contributed by atoms with Gasteiger partial charge in [-0.1, -0.05) is 30.3 Å². The Bertz CT molecular complexity index is 631. The molecule has 5 saturated carbocycles. The number of nitrogens with one attached hydrogen (secondary N) is 1. The van der Waals surface area contributed by atoms with Crippen LogP contribution in [0.15, 0.2) is 30.3 Å².